The van der Waals surface area contributed by atoms with Crippen LogP contribution in [0.4, 0.5) is 0 Å². The van der Waals surface area contributed by atoms with E-state index in [0.717, 1.165) is 0 Å². The van der Waals surface area contributed by atoms with Gasteiger partial charge in [0.1, 0.15) is 12.3 Å². The van der Waals surface area contributed by atoms with E-state index in [0.29, 0.717) is 15.8 Å². The van der Waals surface area contributed by atoms with Crippen molar-refractivity contribution in [3.63, 3.8) is 0 Å². The fourth-order valence-electron chi connectivity index (χ4n) is 1.52. The van der Waals surface area contributed by atoms with Gasteiger partial charge in [0.05, 0.1) is 5.02 Å². The van der Waals surface area contributed by atoms with Crippen LogP contribution >= 0.6 is 23.2 Å². The molecule has 1 aromatic rings. The lowest BCUT2D eigenvalue weighted by molar-refractivity contribution is -0.146. The summed E-state index contributed by atoms with van der Waals surface area (Å²) in [6, 6.07) is 4.41. The van der Waals surface area contributed by atoms with Crippen LogP contribution in [0, 0.1) is 0 Å². The van der Waals surface area contributed by atoms with Gasteiger partial charge >= 0.3 is 5.97 Å². The number of rotatable bonds is 6. The quantitative estimate of drug-likeness (QED) is 0.875. The fourth-order valence-corrected chi connectivity index (χ4v) is 1.98. The van der Waals surface area contributed by atoms with E-state index >= 15 is 0 Å². The SMILES string of the molecule is CC(C)N(CC(=O)O)C(=O)COc1ccc(Cl)cc1Cl. The van der Waals surface area contributed by atoms with Gasteiger partial charge in [0.2, 0.25) is 0 Å². The first kappa shape index (κ1) is 16.6. The van der Waals surface area contributed by atoms with Crippen LogP contribution < -0.4 is 4.74 Å². The van der Waals surface area contributed by atoms with E-state index in [1.807, 2.05) is 0 Å². The number of carbonyl (C=O) groups excluding carboxylic acids is 1. The molecule has 1 N–H and O–H groups in total. The highest BCUT2D eigenvalue weighted by molar-refractivity contribution is 6.35. The fraction of sp³-hybridized carbons (Fsp3) is 0.385. The lowest BCUT2D eigenvalue weighted by Crippen LogP contribution is -2.43. The number of aliphatic carboxylic acids is 1. The summed E-state index contributed by atoms with van der Waals surface area (Å²) in [7, 11) is 0. The average Bonchev–Trinajstić information content (AvgIpc) is 2.34. The van der Waals surface area contributed by atoms with Gasteiger partial charge in [0.15, 0.2) is 6.61 Å². The van der Waals surface area contributed by atoms with Gasteiger partial charge in [-0.3, -0.25) is 9.59 Å². The van der Waals surface area contributed by atoms with Gasteiger partial charge in [-0.15, -0.1) is 0 Å². The maximum Gasteiger partial charge on any atom is 0.323 e. The molecule has 0 aliphatic heterocycles. The molecule has 0 bridgehead atoms. The van der Waals surface area contributed by atoms with Crippen LogP contribution in [-0.2, 0) is 9.59 Å². The molecule has 0 spiro atoms. The maximum absolute atomic E-state index is 11.9. The molecule has 0 aliphatic rings. The summed E-state index contributed by atoms with van der Waals surface area (Å²) in [6.45, 7) is 2.81. The molecule has 110 valence electrons. The van der Waals surface area contributed by atoms with Gasteiger partial charge in [-0.25, -0.2) is 0 Å². The average molecular weight is 320 g/mol. The Morgan fingerprint density at radius 3 is 2.50 bits per heavy atom. The van der Waals surface area contributed by atoms with Crippen molar-refractivity contribution in [2.24, 2.45) is 0 Å². The number of benzene rings is 1. The number of hydrogen-bond donors (Lipinski definition) is 1. The minimum Gasteiger partial charge on any atom is -0.482 e. The number of carboxylic acids is 1. The van der Waals surface area contributed by atoms with Gasteiger partial charge in [-0.05, 0) is 32.0 Å². The molecule has 0 heterocycles. The molecule has 1 amide bonds. The molecule has 7 heteroatoms. The Labute approximate surface area is 127 Å². The second kappa shape index (κ2) is 7.36. The molecule has 1 aromatic carbocycles. The summed E-state index contributed by atoms with van der Waals surface area (Å²) in [6.07, 6.45) is 0. The van der Waals surface area contributed by atoms with Crippen LogP contribution in [0.15, 0.2) is 18.2 Å². The topological polar surface area (TPSA) is 66.8 Å². The van der Waals surface area contributed by atoms with E-state index in [1.54, 1.807) is 26.0 Å². The van der Waals surface area contributed by atoms with Crippen LogP contribution in [0.2, 0.25) is 10.0 Å². The van der Waals surface area contributed by atoms with E-state index in [2.05, 4.69) is 0 Å². The Balaban J connectivity index is 2.67. The van der Waals surface area contributed by atoms with Gasteiger partial charge in [-0.1, -0.05) is 23.2 Å². The number of carboxylic acid groups (broad SMARTS) is 1. The third-order valence-corrected chi connectivity index (χ3v) is 3.02. The number of amides is 1. The molecule has 0 radical (unpaired) electrons. The molecular formula is C13H15Cl2NO4. The number of halogens is 2. The largest absolute Gasteiger partial charge is 0.482 e. The normalized spacial score (nSPS) is 10.4. The van der Waals surface area contributed by atoms with Crippen molar-refractivity contribution < 1.29 is 19.4 Å². The molecule has 0 saturated carbocycles. The number of nitrogens with zero attached hydrogens (tertiary/aromatic N) is 1. The lowest BCUT2D eigenvalue weighted by Gasteiger charge is -2.24. The number of ether oxygens (including phenoxy) is 1. The van der Waals surface area contributed by atoms with Crippen LogP contribution in [0.3, 0.4) is 0 Å². The van der Waals surface area contributed by atoms with Crippen LogP contribution in [0.1, 0.15) is 13.8 Å². The Bertz CT molecular complexity index is 505. The lowest BCUT2D eigenvalue weighted by atomic mass is 10.3. The van der Waals surface area contributed by atoms with Gasteiger partial charge in [0.25, 0.3) is 5.91 Å². The van der Waals surface area contributed by atoms with Gasteiger partial charge < -0.3 is 14.7 Å². The van der Waals surface area contributed by atoms with Crippen molar-refractivity contribution >= 4 is 35.1 Å². The standard InChI is InChI=1S/C13H15Cl2NO4/c1-8(2)16(6-13(18)19)12(17)7-20-11-4-3-9(14)5-10(11)15/h3-5,8H,6-7H2,1-2H3,(H,18,19). The first-order valence-electron chi connectivity index (χ1n) is 5.90. The summed E-state index contributed by atoms with van der Waals surface area (Å²) in [5.74, 6) is -1.17. The summed E-state index contributed by atoms with van der Waals surface area (Å²) < 4.78 is 5.29. The molecule has 0 atom stereocenters. The van der Waals surface area contributed by atoms with Gasteiger partial charge in [-0.2, -0.15) is 0 Å². The molecule has 0 aliphatic carbocycles. The Morgan fingerprint density at radius 1 is 1.35 bits per heavy atom. The maximum atomic E-state index is 11.9. The zero-order chi connectivity index (χ0) is 15.3. The van der Waals surface area contributed by atoms with Crippen LogP contribution in [0.25, 0.3) is 0 Å². The predicted molar refractivity (Wildman–Crippen MR) is 76.4 cm³/mol. The van der Waals surface area contributed by atoms with E-state index < -0.39 is 11.9 Å². The second-order valence-electron chi connectivity index (χ2n) is 4.37. The summed E-state index contributed by atoms with van der Waals surface area (Å²) >= 11 is 11.7. The van der Waals surface area contributed by atoms with Crippen LogP contribution in [0.5, 0.6) is 5.75 Å². The number of hydrogen-bond acceptors (Lipinski definition) is 3. The molecule has 20 heavy (non-hydrogen) atoms. The Morgan fingerprint density at radius 2 is 2.00 bits per heavy atom. The highest BCUT2D eigenvalue weighted by Crippen LogP contribution is 2.27. The summed E-state index contributed by atoms with van der Waals surface area (Å²) in [5, 5.41) is 9.52. The first-order chi connectivity index (χ1) is 9.31. The molecule has 0 aromatic heterocycles. The molecule has 0 unspecified atom stereocenters. The molecular weight excluding hydrogens is 305 g/mol. The third-order valence-electron chi connectivity index (χ3n) is 2.49. The van der Waals surface area contributed by atoms with Crippen molar-refractivity contribution in [3.05, 3.63) is 28.2 Å². The Hall–Kier alpha value is -1.46. The van der Waals surface area contributed by atoms with E-state index in [1.165, 1.54) is 11.0 Å². The molecule has 0 saturated heterocycles. The van der Waals surface area contributed by atoms with Crippen molar-refractivity contribution in [2.45, 2.75) is 19.9 Å². The van der Waals surface area contributed by atoms with Crippen molar-refractivity contribution in [2.75, 3.05) is 13.2 Å². The summed E-state index contributed by atoms with van der Waals surface area (Å²) in [5.41, 5.74) is 0. The first-order valence-corrected chi connectivity index (χ1v) is 6.66. The molecule has 1 rings (SSSR count). The Kier molecular flexibility index (Phi) is 6.10. The second-order valence-corrected chi connectivity index (χ2v) is 5.22. The van der Waals surface area contributed by atoms with Crippen molar-refractivity contribution in [1.82, 2.24) is 4.90 Å². The van der Waals surface area contributed by atoms with Crippen molar-refractivity contribution in [3.8, 4) is 5.75 Å². The summed E-state index contributed by atoms with van der Waals surface area (Å²) in [4.78, 5) is 23.9. The van der Waals surface area contributed by atoms with E-state index in [4.69, 9.17) is 33.0 Å². The smallest absolute Gasteiger partial charge is 0.323 e. The highest BCUT2D eigenvalue weighted by Gasteiger charge is 2.20. The molecule has 0 fully saturated rings. The van der Waals surface area contributed by atoms with Gasteiger partial charge in [0, 0.05) is 11.1 Å². The van der Waals surface area contributed by atoms with Crippen LogP contribution in [-0.4, -0.2) is 41.1 Å². The predicted octanol–water partition coefficient (Wildman–Crippen LogP) is 2.69. The molecule has 5 nitrogen and oxygen atoms in total. The zero-order valence-electron chi connectivity index (χ0n) is 11.1. The number of carbonyl (C=O) groups is 2. The highest BCUT2D eigenvalue weighted by atomic mass is 35.5. The monoisotopic (exact) mass is 319 g/mol. The van der Waals surface area contributed by atoms with E-state index in [-0.39, 0.29) is 19.2 Å². The van der Waals surface area contributed by atoms with Crippen molar-refractivity contribution in [1.29, 1.82) is 0 Å². The van der Waals surface area contributed by atoms with E-state index in [9.17, 15) is 9.59 Å². The zero-order valence-corrected chi connectivity index (χ0v) is 12.6. The minimum absolute atomic E-state index is 0.233. The third kappa shape index (κ3) is 4.90. The minimum atomic E-state index is -1.07.